The molecule has 8 heteroatoms. The Balaban J connectivity index is 1.63. The normalized spacial score (nSPS) is 13.1. The van der Waals surface area contributed by atoms with Crippen LogP contribution in [-0.4, -0.2) is 34.3 Å². The summed E-state index contributed by atoms with van der Waals surface area (Å²) in [6.07, 6.45) is 1.64. The van der Waals surface area contributed by atoms with Gasteiger partial charge in [-0.3, -0.25) is 14.9 Å². The molecule has 0 bridgehead atoms. The Hall–Kier alpha value is -3.29. The molecular formula is C19H17FN2O5. The van der Waals surface area contributed by atoms with Crippen molar-refractivity contribution in [3.63, 3.8) is 0 Å². The van der Waals surface area contributed by atoms with Gasteiger partial charge < -0.3 is 9.64 Å². The van der Waals surface area contributed by atoms with Gasteiger partial charge in [0.25, 0.3) is 11.6 Å². The van der Waals surface area contributed by atoms with Gasteiger partial charge in [-0.15, -0.1) is 0 Å². The zero-order chi connectivity index (χ0) is 19.4. The third kappa shape index (κ3) is 4.66. The zero-order valence-electron chi connectivity index (χ0n) is 14.3. The predicted octanol–water partition coefficient (Wildman–Crippen LogP) is 3.08. The van der Waals surface area contributed by atoms with Crippen LogP contribution in [0.2, 0.25) is 0 Å². The van der Waals surface area contributed by atoms with Gasteiger partial charge in [-0.2, -0.15) is 0 Å². The summed E-state index contributed by atoms with van der Waals surface area (Å²) in [4.78, 5) is 36.2. The van der Waals surface area contributed by atoms with Gasteiger partial charge in [0, 0.05) is 30.3 Å². The molecule has 0 N–H and O–H groups in total. The van der Waals surface area contributed by atoms with Crippen LogP contribution < -0.4 is 0 Å². The molecule has 0 radical (unpaired) electrons. The number of ether oxygens (including phenoxy) is 1. The number of carbonyl (C=O) groups excluding carboxylic acids is 2. The van der Waals surface area contributed by atoms with Crippen molar-refractivity contribution in [1.82, 2.24) is 4.90 Å². The SMILES string of the molecule is O=C(OCC(=O)N(Cc1ccccc1F)C1CC1)c1cccc([N+](=O)[O-])c1. The van der Waals surface area contributed by atoms with Crippen LogP contribution in [0.4, 0.5) is 10.1 Å². The smallest absolute Gasteiger partial charge is 0.338 e. The van der Waals surface area contributed by atoms with E-state index in [9.17, 15) is 24.1 Å². The largest absolute Gasteiger partial charge is 0.452 e. The van der Waals surface area contributed by atoms with Crippen molar-refractivity contribution in [2.75, 3.05) is 6.61 Å². The number of benzene rings is 2. The Morgan fingerprint density at radius 2 is 1.93 bits per heavy atom. The molecule has 3 rings (SSSR count). The van der Waals surface area contributed by atoms with Crippen molar-refractivity contribution < 1.29 is 23.6 Å². The molecule has 1 amide bonds. The number of hydrogen-bond acceptors (Lipinski definition) is 5. The molecule has 0 spiro atoms. The summed E-state index contributed by atoms with van der Waals surface area (Å²) in [5, 5.41) is 10.8. The summed E-state index contributed by atoms with van der Waals surface area (Å²) in [7, 11) is 0. The van der Waals surface area contributed by atoms with Gasteiger partial charge in [-0.25, -0.2) is 9.18 Å². The van der Waals surface area contributed by atoms with Crippen molar-refractivity contribution in [3.05, 3.63) is 75.6 Å². The lowest BCUT2D eigenvalue weighted by Gasteiger charge is -2.22. The van der Waals surface area contributed by atoms with Crippen LogP contribution in [0.25, 0.3) is 0 Å². The van der Waals surface area contributed by atoms with Crippen LogP contribution in [0, 0.1) is 15.9 Å². The molecule has 0 aromatic heterocycles. The molecule has 2 aromatic carbocycles. The van der Waals surface area contributed by atoms with Gasteiger partial charge in [0.15, 0.2) is 6.61 Å². The van der Waals surface area contributed by atoms with E-state index in [0.29, 0.717) is 5.56 Å². The number of non-ortho nitro benzene ring substituents is 1. The second-order valence-electron chi connectivity index (χ2n) is 6.23. The van der Waals surface area contributed by atoms with Gasteiger partial charge in [0.1, 0.15) is 5.82 Å². The number of carbonyl (C=O) groups is 2. The van der Waals surface area contributed by atoms with Gasteiger partial charge >= 0.3 is 5.97 Å². The molecular weight excluding hydrogens is 355 g/mol. The van der Waals surface area contributed by atoms with Gasteiger partial charge in [0.2, 0.25) is 0 Å². The number of nitro benzene ring substituents is 1. The van der Waals surface area contributed by atoms with Crippen LogP contribution in [0.1, 0.15) is 28.8 Å². The summed E-state index contributed by atoms with van der Waals surface area (Å²) in [5.74, 6) is -1.65. The summed E-state index contributed by atoms with van der Waals surface area (Å²) >= 11 is 0. The maximum atomic E-state index is 13.9. The molecule has 0 heterocycles. The van der Waals surface area contributed by atoms with E-state index in [0.717, 1.165) is 18.9 Å². The second-order valence-corrected chi connectivity index (χ2v) is 6.23. The number of nitrogens with zero attached hydrogens (tertiary/aromatic N) is 2. The van der Waals surface area contributed by atoms with E-state index >= 15 is 0 Å². The van der Waals surface area contributed by atoms with Crippen molar-refractivity contribution in [2.24, 2.45) is 0 Å². The minimum atomic E-state index is -0.825. The van der Waals surface area contributed by atoms with Gasteiger partial charge in [0.05, 0.1) is 10.5 Å². The molecule has 1 aliphatic carbocycles. The first-order chi connectivity index (χ1) is 13.0. The highest BCUT2D eigenvalue weighted by molar-refractivity contribution is 5.92. The van der Waals surface area contributed by atoms with Crippen molar-refractivity contribution in [3.8, 4) is 0 Å². The minimum absolute atomic E-state index is 0.00798. The third-order valence-corrected chi connectivity index (χ3v) is 4.23. The molecule has 0 aliphatic heterocycles. The molecule has 1 fully saturated rings. The highest BCUT2D eigenvalue weighted by atomic mass is 19.1. The monoisotopic (exact) mass is 372 g/mol. The lowest BCUT2D eigenvalue weighted by atomic mass is 10.2. The Labute approximate surface area is 154 Å². The maximum absolute atomic E-state index is 13.9. The fourth-order valence-electron chi connectivity index (χ4n) is 2.66. The summed E-state index contributed by atoms with van der Waals surface area (Å²) in [5.41, 5.74) is 0.141. The van der Waals surface area contributed by atoms with Gasteiger partial charge in [-0.1, -0.05) is 24.3 Å². The van der Waals surface area contributed by atoms with Crippen LogP contribution in [0.5, 0.6) is 0 Å². The van der Waals surface area contributed by atoms with E-state index in [1.54, 1.807) is 18.2 Å². The van der Waals surface area contributed by atoms with E-state index in [1.165, 1.54) is 29.2 Å². The molecule has 7 nitrogen and oxygen atoms in total. The first kappa shape index (κ1) is 18.5. The molecule has 0 atom stereocenters. The van der Waals surface area contributed by atoms with Crippen molar-refractivity contribution >= 4 is 17.6 Å². The standard InChI is InChI=1S/C19H17FN2O5/c20-17-7-2-1-4-14(17)11-21(15-8-9-15)18(23)12-27-19(24)13-5-3-6-16(10-13)22(25)26/h1-7,10,15H,8-9,11-12H2. The molecule has 2 aromatic rings. The van der Waals surface area contributed by atoms with Crippen LogP contribution in [0.15, 0.2) is 48.5 Å². The molecule has 140 valence electrons. The Morgan fingerprint density at radius 3 is 2.59 bits per heavy atom. The molecule has 1 aliphatic rings. The summed E-state index contributed by atoms with van der Waals surface area (Å²) < 4.78 is 18.9. The summed E-state index contributed by atoms with van der Waals surface area (Å²) in [6, 6.07) is 11.3. The molecule has 0 saturated heterocycles. The van der Waals surface area contributed by atoms with E-state index in [1.807, 2.05) is 0 Å². The molecule has 1 saturated carbocycles. The molecule has 27 heavy (non-hydrogen) atoms. The fourth-order valence-corrected chi connectivity index (χ4v) is 2.66. The fraction of sp³-hybridized carbons (Fsp3) is 0.263. The minimum Gasteiger partial charge on any atom is -0.452 e. The average Bonchev–Trinajstić information content (AvgIpc) is 3.50. The first-order valence-electron chi connectivity index (χ1n) is 8.40. The third-order valence-electron chi connectivity index (χ3n) is 4.23. The van der Waals surface area contributed by atoms with Crippen molar-refractivity contribution in [2.45, 2.75) is 25.4 Å². The lowest BCUT2D eigenvalue weighted by Crippen LogP contribution is -2.36. The Morgan fingerprint density at radius 1 is 1.19 bits per heavy atom. The number of halogens is 1. The highest BCUT2D eigenvalue weighted by Crippen LogP contribution is 2.29. The Bertz CT molecular complexity index is 882. The number of hydrogen-bond donors (Lipinski definition) is 0. The molecule has 0 unspecified atom stereocenters. The second kappa shape index (κ2) is 7.94. The maximum Gasteiger partial charge on any atom is 0.338 e. The highest BCUT2D eigenvalue weighted by Gasteiger charge is 2.33. The van der Waals surface area contributed by atoms with Crippen LogP contribution >= 0.6 is 0 Å². The number of esters is 1. The number of nitro groups is 1. The van der Waals surface area contributed by atoms with E-state index in [2.05, 4.69) is 0 Å². The lowest BCUT2D eigenvalue weighted by molar-refractivity contribution is -0.384. The Kier molecular flexibility index (Phi) is 5.44. The topological polar surface area (TPSA) is 89.8 Å². The first-order valence-corrected chi connectivity index (χ1v) is 8.40. The average molecular weight is 372 g/mol. The van der Waals surface area contributed by atoms with Crippen LogP contribution in [0.3, 0.4) is 0 Å². The summed E-state index contributed by atoms with van der Waals surface area (Å²) in [6.45, 7) is -0.406. The van der Waals surface area contributed by atoms with E-state index in [-0.39, 0.29) is 23.8 Å². The van der Waals surface area contributed by atoms with E-state index in [4.69, 9.17) is 4.74 Å². The quantitative estimate of drug-likeness (QED) is 0.423. The zero-order valence-corrected chi connectivity index (χ0v) is 14.3. The predicted molar refractivity (Wildman–Crippen MR) is 93.4 cm³/mol. The number of rotatable bonds is 7. The van der Waals surface area contributed by atoms with E-state index < -0.39 is 29.2 Å². The number of amides is 1. The van der Waals surface area contributed by atoms with Crippen molar-refractivity contribution in [1.29, 1.82) is 0 Å². The van der Waals surface area contributed by atoms with Gasteiger partial charge in [-0.05, 0) is 25.0 Å². The van der Waals surface area contributed by atoms with Crippen LogP contribution in [-0.2, 0) is 16.1 Å².